The molecule has 0 radical (unpaired) electrons. The Labute approximate surface area is 152 Å². The zero-order valence-electron chi connectivity index (χ0n) is 14.4. The molecule has 0 saturated carbocycles. The normalized spacial score (nSPS) is 17.5. The van der Waals surface area contributed by atoms with Gasteiger partial charge in [0, 0.05) is 11.4 Å². The fraction of sp³-hybridized carbons (Fsp3) is 0.500. The second-order valence-corrected chi connectivity index (χ2v) is 6.83. The summed E-state index contributed by atoms with van der Waals surface area (Å²) < 4.78 is 5.09. The monoisotopic (exact) mass is 361 g/mol. The van der Waals surface area contributed by atoms with E-state index in [0.717, 1.165) is 24.3 Å². The minimum Gasteiger partial charge on any atom is -0.466 e. The summed E-state index contributed by atoms with van der Waals surface area (Å²) >= 11 is 1.39. The van der Waals surface area contributed by atoms with Gasteiger partial charge in [0.05, 0.1) is 36.6 Å². The van der Waals surface area contributed by atoms with Gasteiger partial charge in [-0.15, -0.1) is 11.8 Å². The van der Waals surface area contributed by atoms with E-state index < -0.39 is 0 Å². The summed E-state index contributed by atoms with van der Waals surface area (Å²) in [7, 11) is 0. The van der Waals surface area contributed by atoms with Gasteiger partial charge in [0.1, 0.15) is 0 Å². The number of thioether (sulfide) groups is 1. The Kier molecular flexibility index (Phi) is 7.76. The van der Waals surface area contributed by atoms with Crippen molar-refractivity contribution in [3.8, 4) is 6.07 Å². The second kappa shape index (κ2) is 10.1. The van der Waals surface area contributed by atoms with Crippen molar-refractivity contribution in [2.24, 2.45) is 5.92 Å². The van der Waals surface area contributed by atoms with Crippen molar-refractivity contribution in [3.63, 3.8) is 0 Å². The van der Waals surface area contributed by atoms with Crippen molar-refractivity contribution in [2.75, 3.05) is 37.3 Å². The van der Waals surface area contributed by atoms with Crippen LogP contribution in [0.25, 0.3) is 0 Å². The predicted molar refractivity (Wildman–Crippen MR) is 97.2 cm³/mol. The highest BCUT2D eigenvalue weighted by Crippen LogP contribution is 2.26. The van der Waals surface area contributed by atoms with Gasteiger partial charge in [0.2, 0.25) is 5.91 Å². The van der Waals surface area contributed by atoms with E-state index in [1.807, 2.05) is 29.2 Å². The van der Waals surface area contributed by atoms with Crippen molar-refractivity contribution in [1.29, 1.82) is 5.26 Å². The maximum absolute atomic E-state index is 12.4. The van der Waals surface area contributed by atoms with E-state index in [0.29, 0.717) is 24.6 Å². The van der Waals surface area contributed by atoms with E-state index in [1.165, 1.54) is 11.8 Å². The number of anilines is 1. The molecule has 0 bridgehead atoms. The number of benzene rings is 1. The van der Waals surface area contributed by atoms with Crippen LogP contribution >= 0.6 is 11.8 Å². The highest BCUT2D eigenvalue weighted by molar-refractivity contribution is 7.99. The molecular formula is C18H23N3O3S. The predicted octanol–water partition coefficient (Wildman–Crippen LogP) is 2.52. The molecule has 1 aliphatic heterocycles. The van der Waals surface area contributed by atoms with Crippen LogP contribution < -0.4 is 5.32 Å². The number of rotatable bonds is 7. The van der Waals surface area contributed by atoms with E-state index in [-0.39, 0.29) is 24.3 Å². The number of hydrogen-bond acceptors (Lipinski definition) is 6. The van der Waals surface area contributed by atoms with E-state index in [2.05, 4.69) is 11.4 Å². The Morgan fingerprint density at radius 3 is 3.00 bits per heavy atom. The molecule has 2 rings (SSSR count). The zero-order chi connectivity index (χ0) is 18.1. The van der Waals surface area contributed by atoms with Crippen molar-refractivity contribution in [2.45, 2.75) is 24.7 Å². The number of likely N-dealkylation sites (tertiary alicyclic amines) is 1. The quantitative estimate of drug-likeness (QED) is 0.593. The van der Waals surface area contributed by atoms with E-state index in [4.69, 9.17) is 10.00 Å². The molecule has 6 nitrogen and oxygen atoms in total. The number of nitrogens with one attached hydrogen (secondary N) is 1. The molecular weight excluding hydrogens is 338 g/mol. The molecule has 1 N–H and O–H groups in total. The largest absolute Gasteiger partial charge is 0.466 e. The average Bonchev–Trinajstić information content (AvgIpc) is 2.61. The highest BCUT2D eigenvalue weighted by atomic mass is 32.2. The molecule has 0 aliphatic carbocycles. The second-order valence-electron chi connectivity index (χ2n) is 5.82. The molecule has 1 saturated heterocycles. The van der Waals surface area contributed by atoms with Crippen LogP contribution in [0.5, 0.6) is 0 Å². The molecule has 1 fully saturated rings. The number of nitrogens with zero attached hydrogens (tertiary/aromatic N) is 2. The summed E-state index contributed by atoms with van der Waals surface area (Å²) in [6.45, 7) is 3.78. The third kappa shape index (κ3) is 6.07. The topological polar surface area (TPSA) is 82.4 Å². The van der Waals surface area contributed by atoms with Gasteiger partial charge in [-0.25, -0.2) is 0 Å². The standard InChI is InChI=1S/C18H23N3O3S/c1-2-24-18(23)14-6-5-10-21(12-14)13-17(22)20-15-7-3-4-8-16(15)25-11-9-19/h3-4,7-8,14H,2,5-6,10-13H2,1H3,(H,20,22). The number of ether oxygens (including phenoxy) is 1. The van der Waals surface area contributed by atoms with Crippen molar-refractivity contribution >= 4 is 29.3 Å². The van der Waals surface area contributed by atoms with Crippen LogP contribution in [0.2, 0.25) is 0 Å². The number of nitriles is 1. The average molecular weight is 361 g/mol. The van der Waals surface area contributed by atoms with Crippen LogP contribution in [0.15, 0.2) is 29.2 Å². The van der Waals surface area contributed by atoms with Crippen LogP contribution in [0.4, 0.5) is 5.69 Å². The first kappa shape index (κ1) is 19.3. The smallest absolute Gasteiger partial charge is 0.310 e. The van der Waals surface area contributed by atoms with Gasteiger partial charge in [0.15, 0.2) is 0 Å². The molecule has 1 atom stereocenters. The Hall–Kier alpha value is -2.04. The highest BCUT2D eigenvalue weighted by Gasteiger charge is 2.27. The summed E-state index contributed by atoms with van der Waals surface area (Å²) in [6, 6.07) is 9.53. The SMILES string of the molecule is CCOC(=O)C1CCCN(CC(=O)Nc2ccccc2SCC#N)C1. The van der Waals surface area contributed by atoms with Crippen LogP contribution in [0.1, 0.15) is 19.8 Å². The summed E-state index contributed by atoms with van der Waals surface area (Å²) in [5, 5.41) is 11.6. The number of carbonyl (C=O) groups is 2. The van der Waals surface area contributed by atoms with Gasteiger partial charge in [-0.3, -0.25) is 14.5 Å². The van der Waals surface area contributed by atoms with E-state index in [9.17, 15) is 9.59 Å². The molecule has 1 unspecified atom stereocenters. The fourth-order valence-corrected chi connectivity index (χ4v) is 3.52. The molecule has 1 aliphatic rings. The lowest BCUT2D eigenvalue weighted by Gasteiger charge is -2.30. The summed E-state index contributed by atoms with van der Waals surface area (Å²) in [5.74, 6) is -0.111. The molecule has 1 aromatic rings. The first-order valence-electron chi connectivity index (χ1n) is 8.41. The maximum Gasteiger partial charge on any atom is 0.310 e. The van der Waals surface area contributed by atoms with Crippen molar-refractivity contribution < 1.29 is 14.3 Å². The molecule has 134 valence electrons. The summed E-state index contributed by atoms with van der Waals surface area (Å²) in [5.41, 5.74) is 0.715. The van der Waals surface area contributed by atoms with Gasteiger partial charge < -0.3 is 10.1 Å². The Morgan fingerprint density at radius 1 is 1.44 bits per heavy atom. The lowest BCUT2D eigenvalue weighted by Crippen LogP contribution is -2.43. The van der Waals surface area contributed by atoms with Crippen LogP contribution in [-0.4, -0.2) is 48.8 Å². The number of esters is 1. The van der Waals surface area contributed by atoms with Crippen molar-refractivity contribution in [3.05, 3.63) is 24.3 Å². The van der Waals surface area contributed by atoms with Gasteiger partial charge in [0.25, 0.3) is 0 Å². The van der Waals surface area contributed by atoms with Gasteiger partial charge in [-0.05, 0) is 38.4 Å². The summed E-state index contributed by atoms with van der Waals surface area (Å²) in [4.78, 5) is 27.1. The number of amides is 1. The third-order valence-electron chi connectivity index (χ3n) is 3.95. The van der Waals surface area contributed by atoms with Gasteiger partial charge >= 0.3 is 5.97 Å². The Morgan fingerprint density at radius 2 is 2.24 bits per heavy atom. The molecule has 0 spiro atoms. The molecule has 1 heterocycles. The maximum atomic E-state index is 12.4. The molecule has 1 aromatic carbocycles. The minimum absolute atomic E-state index is 0.116. The Balaban J connectivity index is 1.90. The minimum atomic E-state index is -0.175. The van der Waals surface area contributed by atoms with E-state index in [1.54, 1.807) is 6.92 Å². The number of piperidine rings is 1. The zero-order valence-corrected chi connectivity index (χ0v) is 15.2. The number of carbonyl (C=O) groups excluding carboxylic acids is 2. The van der Waals surface area contributed by atoms with Crippen LogP contribution in [0, 0.1) is 17.2 Å². The van der Waals surface area contributed by atoms with Crippen molar-refractivity contribution in [1.82, 2.24) is 4.90 Å². The first-order chi connectivity index (χ1) is 12.1. The summed E-state index contributed by atoms with van der Waals surface area (Å²) in [6.07, 6.45) is 1.69. The number of hydrogen-bond donors (Lipinski definition) is 1. The molecule has 25 heavy (non-hydrogen) atoms. The van der Waals surface area contributed by atoms with Gasteiger partial charge in [-0.1, -0.05) is 12.1 Å². The molecule has 1 amide bonds. The Bertz CT molecular complexity index is 645. The van der Waals surface area contributed by atoms with Crippen LogP contribution in [0.3, 0.4) is 0 Å². The molecule has 7 heteroatoms. The number of para-hydroxylation sites is 1. The fourth-order valence-electron chi connectivity index (χ4n) is 2.85. The lowest BCUT2D eigenvalue weighted by atomic mass is 9.98. The third-order valence-corrected chi connectivity index (χ3v) is 4.89. The van der Waals surface area contributed by atoms with E-state index >= 15 is 0 Å². The van der Waals surface area contributed by atoms with Crippen LogP contribution in [-0.2, 0) is 14.3 Å². The molecule has 0 aromatic heterocycles. The van der Waals surface area contributed by atoms with Gasteiger partial charge in [-0.2, -0.15) is 5.26 Å². The first-order valence-corrected chi connectivity index (χ1v) is 9.40. The lowest BCUT2D eigenvalue weighted by molar-refractivity contribution is -0.150.